The minimum Gasteiger partial charge on any atom is -0.334 e. The SMILES string of the molecule is CCCN(CC(F)(F)F)C(=O)CCNC1CC1. The maximum absolute atomic E-state index is 12.2. The van der Waals surface area contributed by atoms with Gasteiger partial charge in [0.1, 0.15) is 6.54 Å². The zero-order valence-electron chi connectivity index (χ0n) is 10.0. The highest BCUT2D eigenvalue weighted by molar-refractivity contribution is 5.76. The van der Waals surface area contributed by atoms with Crippen molar-refractivity contribution < 1.29 is 18.0 Å². The summed E-state index contributed by atoms with van der Waals surface area (Å²) in [6.07, 6.45) is -1.41. The van der Waals surface area contributed by atoms with Crippen molar-refractivity contribution in [1.82, 2.24) is 10.2 Å². The number of alkyl halides is 3. The summed E-state index contributed by atoms with van der Waals surface area (Å²) in [4.78, 5) is 12.5. The summed E-state index contributed by atoms with van der Waals surface area (Å²) >= 11 is 0. The number of halogens is 3. The van der Waals surface area contributed by atoms with Crippen molar-refractivity contribution in [2.45, 2.75) is 44.8 Å². The summed E-state index contributed by atoms with van der Waals surface area (Å²) in [6, 6.07) is 0.477. The fraction of sp³-hybridized carbons (Fsp3) is 0.909. The molecule has 0 atom stereocenters. The van der Waals surface area contributed by atoms with Gasteiger partial charge in [0.05, 0.1) is 0 Å². The van der Waals surface area contributed by atoms with Crippen molar-refractivity contribution >= 4 is 5.91 Å². The van der Waals surface area contributed by atoms with E-state index in [2.05, 4.69) is 5.32 Å². The van der Waals surface area contributed by atoms with Gasteiger partial charge in [-0.25, -0.2) is 0 Å². The van der Waals surface area contributed by atoms with Gasteiger partial charge < -0.3 is 10.2 Å². The number of carbonyl (C=O) groups excluding carboxylic acids is 1. The molecule has 0 spiro atoms. The molecule has 1 amide bonds. The molecular formula is C11H19F3N2O. The van der Waals surface area contributed by atoms with Gasteiger partial charge in [-0.05, 0) is 19.3 Å². The van der Waals surface area contributed by atoms with Gasteiger partial charge in [-0.1, -0.05) is 6.92 Å². The Balaban J connectivity index is 2.30. The molecule has 0 aromatic rings. The molecule has 1 aliphatic rings. The van der Waals surface area contributed by atoms with Crippen molar-refractivity contribution in [2.24, 2.45) is 0 Å². The second-order valence-corrected chi connectivity index (χ2v) is 4.41. The Kier molecular flexibility index (Phi) is 5.24. The second-order valence-electron chi connectivity index (χ2n) is 4.41. The summed E-state index contributed by atoms with van der Waals surface area (Å²) in [5, 5.41) is 3.12. The molecular weight excluding hydrogens is 233 g/mol. The fourth-order valence-corrected chi connectivity index (χ4v) is 1.61. The average molecular weight is 252 g/mol. The van der Waals surface area contributed by atoms with Crippen molar-refractivity contribution in [1.29, 1.82) is 0 Å². The maximum atomic E-state index is 12.2. The molecule has 1 aliphatic carbocycles. The molecule has 100 valence electrons. The second kappa shape index (κ2) is 6.23. The number of rotatable bonds is 7. The molecule has 1 fully saturated rings. The van der Waals surface area contributed by atoms with Crippen LogP contribution in [0.1, 0.15) is 32.6 Å². The van der Waals surface area contributed by atoms with Gasteiger partial charge in [-0.15, -0.1) is 0 Å². The van der Waals surface area contributed by atoms with E-state index in [1.54, 1.807) is 6.92 Å². The lowest BCUT2D eigenvalue weighted by Gasteiger charge is -2.23. The molecule has 0 bridgehead atoms. The first kappa shape index (κ1) is 14.3. The van der Waals surface area contributed by atoms with Crippen LogP contribution < -0.4 is 5.32 Å². The molecule has 0 aliphatic heterocycles. The molecule has 1 N–H and O–H groups in total. The van der Waals surface area contributed by atoms with E-state index >= 15 is 0 Å². The monoisotopic (exact) mass is 252 g/mol. The highest BCUT2D eigenvalue weighted by Gasteiger charge is 2.32. The zero-order valence-corrected chi connectivity index (χ0v) is 10.0. The average Bonchev–Trinajstić information content (AvgIpc) is 2.99. The Morgan fingerprint density at radius 2 is 2.06 bits per heavy atom. The Morgan fingerprint density at radius 3 is 2.53 bits per heavy atom. The number of nitrogens with zero attached hydrogens (tertiary/aromatic N) is 1. The van der Waals surface area contributed by atoms with Crippen LogP contribution in [-0.2, 0) is 4.79 Å². The Labute approximate surface area is 99.4 Å². The van der Waals surface area contributed by atoms with Crippen LogP contribution in [0.4, 0.5) is 13.2 Å². The van der Waals surface area contributed by atoms with E-state index in [0.29, 0.717) is 19.0 Å². The zero-order chi connectivity index (χ0) is 12.9. The van der Waals surface area contributed by atoms with Crippen LogP contribution in [0.25, 0.3) is 0 Å². The molecule has 0 radical (unpaired) electrons. The first-order chi connectivity index (χ1) is 7.92. The maximum Gasteiger partial charge on any atom is 0.406 e. The lowest BCUT2D eigenvalue weighted by molar-refractivity contribution is -0.161. The first-order valence-corrected chi connectivity index (χ1v) is 6.00. The minimum absolute atomic E-state index is 0.145. The van der Waals surface area contributed by atoms with Crippen LogP contribution in [0.15, 0.2) is 0 Å². The number of hydrogen-bond donors (Lipinski definition) is 1. The number of hydrogen-bond acceptors (Lipinski definition) is 2. The summed E-state index contributed by atoms with van der Waals surface area (Å²) in [5.41, 5.74) is 0. The van der Waals surface area contributed by atoms with Crippen molar-refractivity contribution in [3.8, 4) is 0 Å². The third-order valence-corrected chi connectivity index (χ3v) is 2.57. The van der Waals surface area contributed by atoms with Crippen LogP contribution in [0, 0.1) is 0 Å². The molecule has 0 saturated heterocycles. The summed E-state index contributed by atoms with van der Waals surface area (Å²) < 4.78 is 36.7. The molecule has 0 heterocycles. The van der Waals surface area contributed by atoms with E-state index in [0.717, 1.165) is 17.7 Å². The van der Waals surface area contributed by atoms with E-state index < -0.39 is 18.6 Å². The lowest BCUT2D eigenvalue weighted by atomic mass is 10.3. The van der Waals surface area contributed by atoms with Crippen LogP contribution in [0.5, 0.6) is 0 Å². The van der Waals surface area contributed by atoms with Crippen LogP contribution in [0.2, 0.25) is 0 Å². The lowest BCUT2D eigenvalue weighted by Crippen LogP contribution is -2.40. The highest BCUT2D eigenvalue weighted by Crippen LogP contribution is 2.19. The Hall–Kier alpha value is -0.780. The summed E-state index contributed by atoms with van der Waals surface area (Å²) in [7, 11) is 0. The van der Waals surface area contributed by atoms with Crippen LogP contribution in [0.3, 0.4) is 0 Å². The quantitative estimate of drug-likeness (QED) is 0.751. The molecule has 3 nitrogen and oxygen atoms in total. The largest absolute Gasteiger partial charge is 0.406 e. The van der Waals surface area contributed by atoms with Gasteiger partial charge in [0.2, 0.25) is 5.91 Å². The van der Waals surface area contributed by atoms with Crippen LogP contribution in [-0.4, -0.2) is 42.7 Å². The first-order valence-electron chi connectivity index (χ1n) is 6.00. The van der Waals surface area contributed by atoms with Gasteiger partial charge in [0.15, 0.2) is 0 Å². The van der Waals surface area contributed by atoms with Gasteiger partial charge in [-0.3, -0.25) is 4.79 Å². The number of carbonyl (C=O) groups is 1. The fourth-order valence-electron chi connectivity index (χ4n) is 1.61. The summed E-state index contributed by atoms with van der Waals surface area (Å²) in [6.45, 7) is 1.27. The third-order valence-electron chi connectivity index (χ3n) is 2.57. The highest BCUT2D eigenvalue weighted by atomic mass is 19.4. The van der Waals surface area contributed by atoms with Gasteiger partial charge in [0.25, 0.3) is 0 Å². The molecule has 0 aromatic heterocycles. The van der Waals surface area contributed by atoms with Crippen molar-refractivity contribution in [3.05, 3.63) is 0 Å². The standard InChI is InChI=1S/C11H19F3N2O/c1-2-7-16(8-11(12,13)14)10(17)5-6-15-9-3-4-9/h9,15H,2-8H2,1H3. The molecule has 17 heavy (non-hydrogen) atoms. The smallest absolute Gasteiger partial charge is 0.334 e. The van der Waals surface area contributed by atoms with E-state index in [1.807, 2.05) is 0 Å². The molecule has 1 saturated carbocycles. The normalized spacial score (nSPS) is 16.0. The third kappa shape index (κ3) is 6.51. The van der Waals surface area contributed by atoms with Gasteiger partial charge in [0, 0.05) is 25.6 Å². The number of nitrogens with one attached hydrogen (secondary N) is 1. The minimum atomic E-state index is -4.31. The molecule has 0 aromatic carbocycles. The van der Waals surface area contributed by atoms with E-state index in [4.69, 9.17) is 0 Å². The van der Waals surface area contributed by atoms with Gasteiger partial charge in [-0.2, -0.15) is 13.2 Å². The Bertz CT molecular complexity index is 252. The van der Waals surface area contributed by atoms with E-state index in [9.17, 15) is 18.0 Å². The van der Waals surface area contributed by atoms with Crippen molar-refractivity contribution in [3.63, 3.8) is 0 Å². The molecule has 1 rings (SSSR count). The predicted octanol–water partition coefficient (Wildman–Crippen LogP) is 1.93. The van der Waals surface area contributed by atoms with E-state index in [-0.39, 0.29) is 13.0 Å². The molecule has 6 heteroatoms. The molecule has 0 unspecified atom stereocenters. The topological polar surface area (TPSA) is 32.3 Å². The van der Waals surface area contributed by atoms with Gasteiger partial charge >= 0.3 is 6.18 Å². The van der Waals surface area contributed by atoms with Crippen LogP contribution >= 0.6 is 0 Å². The van der Waals surface area contributed by atoms with E-state index in [1.165, 1.54) is 0 Å². The van der Waals surface area contributed by atoms with Crippen molar-refractivity contribution in [2.75, 3.05) is 19.6 Å². The summed E-state index contributed by atoms with van der Waals surface area (Å²) in [5.74, 6) is -0.419. The Morgan fingerprint density at radius 1 is 1.41 bits per heavy atom. The number of amides is 1. The predicted molar refractivity (Wildman–Crippen MR) is 58.6 cm³/mol.